The summed E-state index contributed by atoms with van der Waals surface area (Å²) in [6, 6.07) is 0. The third-order valence-corrected chi connectivity index (χ3v) is 1.84. The molecule has 1 rings (SSSR count). The van der Waals surface area contributed by atoms with Gasteiger partial charge >= 0.3 is 6.18 Å². The highest BCUT2D eigenvalue weighted by Crippen LogP contribution is 2.31. The second-order valence-electron chi connectivity index (χ2n) is 3.23. The number of rotatable bonds is 1. The maximum Gasteiger partial charge on any atom is 0.433 e. The van der Waals surface area contributed by atoms with Gasteiger partial charge in [0.25, 0.3) is 5.91 Å². The molecular formula is C8H10F3N3O. The maximum absolute atomic E-state index is 12.5. The zero-order valence-corrected chi connectivity index (χ0v) is 8.46. The summed E-state index contributed by atoms with van der Waals surface area (Å²) in [6.45, 7) is 0. The molecule has 0 saturated heterocycles. The molecule has 0 N–H and O–H groups in total. The van der Waals surface area contributed by atoms with Crippen LogP contribution >= 0.6 is 0 Å². The van der Waals surface area contributed by atoms with Crippen molar-refractivity contribution in [2.75, 3.05) is 14.1 Å². The average Bonchev–Trinajstić information content (AvgIpc) is 2.44. The molecule has 0 bridgehead atoms. The van der Waals surface area contributed by atoms with Crippen molar-refractivity contribution < 1.29 is 18.0 Å². The van der Waals surface area contributed by atoms with Gasteiger partial charge in [-0.05, 0) is 0 Å². The summed E-state index contributed by atoms with van der Waals surface area (Å²) >= 11 is 0. The third-order valence-electron chi connectivity index (χ3n) is 1.84. The van der Waals surface area contributed by atoms with E-state index in [-0.39, 0.29) is 0 Å². The summed E-state index contributed by atoms with van der Waals surface area (Å²) in [6.07, 6.45) is -3.66. The van der Waals surface area contributed by atoms with E-state index in [1.54, 1.807) is 0 Å². The highest BCUT2D eigenvalue weighted by Gasteiger charge is 2.39. The molecule has 0 unspecified atom stereocenters. The molecule has 7 heteroatoms. The topological polar surface area (TPSA) is 38.1 Å². The SMILES string of the molecule is CN(C)C(=O)c1cnn(C)c1C(F)(F)F. The van der Waals surface area contributed by atoms with Crippen molar-refractivity contribution in [3.63, 3.8) is 0 Å². The monoisotopic (exact) mass is 221 g/mol. The van der Waals surface area contributed by atoms with Gasteiger partial charge in [0.2, 0.25) is 0 Å². The summed E-state index contributed by atoms with van der Waals surface area (Å²) < 4.78 is 38.3. The predicted molar refractivity (Wildman–Crippen MR) is 46.2 cm³/mol. The number of halogens is 3. The van der Waals surface area contributed by atoms with Gasteiger partial charge in [-0.15, -0.1) is 0 Å². The van der Waals surface area contributed by atoms with Gasteiger partial charge in [-0.25, -0.2) is 0 Å². The predicted octanol–water partition coefficient (Wildman–Crippen LogP) is 1.14. The van der Waals surface area contributed by atoms with Crippen LogP contribution in [0.4, 0.5) is 13.2 Å². The van der Waals surface area contributed by atoms with E-state index in [0.29, 0.717) is 4.68 Å². The largest absolute Gasteiger partial charge is 0.433 e. The van der Waals surface area contributed by atoms with Gasteiger partial charge in [-0.2, -0.15) is 18.3 Å². The smallest absolute Gasteiger partial charge is 0.345 e. The van der Waals surface area contributed by atoms with E-state index in [4.69, 9.17) is 0 Å². The normalized spacial score (nSPS) is 11.6. The lowest BCUT2D eigenvalue weighted by Gasteiger charge is -2.12. The van der Waals surface area contributed by atoms with Gasteiger partial charge in [0.1, 0.15) is 0 Å². The van der Waals surface area contributed by atoms with Crippen molar-refractivity contribution in [3.05, 3.63) is 17.5 Å². The second kappa shape index (κ2) is 3.56. The fourth-order valence-electron chi connectivity index (χ4n) is 1.17. The number of carbonyl (C=O) groups is 1. The van der Waals surface area contributed by atoms with Crippen LogP contribution in [0.3, 0.4) is 0 Å². The lowest BCUT2D eigenvalue weighted by Crippen LogP contribution is -2.25. The summed E-state index contributed by atoms with van der Waals surface area (Å²) in [5, 5.41) is 3.44. The second-order valence-corrected chi connectivity index (χ2v) is 3.23. The fourth-order valence-corrected chi connectivity index (χ4v) is 1.17. The summed E-state index contributed by atoms with van der Waals surface area (Å²) in [7, 11) is 3.92. The van der Waals surface area contributed by atoms with Gasteiger partial charge in [-0.3, -0.25) is 9.48 Å². The van der Waals surface area contributed by atoms with E-state index >= 15 is 0 Å². The van der Waals surface area contributed by atoms with Gasteiger partial charge in [0.15, 0.2) is 5.69 Å². The molecule has 0 atom stereocenters. The fraction of sp³-hybridized carbons (Fsp3) is 0.500. The Bertz CT molecular complexity index is 381. The molecule has 15 heavy (non-hydrogen) atoms. The zero-order chi connectivity index (χ0) is 11.8. The summed E-state index contributed by atoms with van der Waals surface area (Å²) in [5.74, 6) is -0.713. The molecular weight excluding hydrogens is 211 g/mol. The Balaban J connectivity index is 3.27. The number of hydrogen-bond donors (Lipinski definition) is 0. The quantitative estimate of drug-likeness (QED) is 0.713. The van der Waals surface area contributed by atoms with E-state index in [9.17, 15) is 18.0 Å². The first kappa shape index (κ1) is 11.5. The number of carbonyl (C=O) groups excluding carboxylic acids is 1. The lowest BCUT2D eigenvalue weighted by atomic mass is 10.2. The number of hydrogen-bond acceptors (Lipinski definition) is 2. The van der Waals surface area contributed by atoms with Crippen LogP contribution in [-0.4, -0.2) is 34.7 Å². The van der Waals surface area contributed by atoms with Crippen molar-refractivity contribution in [2.24, 2.45) is 7.05 Å². The van der Waals surface area contributed by atoms with E-state index < -0.39 is 23.3 Å². The molecule has 0 aliphatic carbocycles. The molecule has 1 aromatic rings. The van der Waals surface area contributed by atoms with Gasteiger partial charge in [0, 0.05) is 21.1 Å². The van der Waals surface area contributed by atoms with E-state index in [2.05, 4.69) is 5.10 Å². The minimum atomic E-state index is -4.58. The van der Waals surface area contributed by atoms with Crippen LogP contribution in [0, 0.1) is 0 Å². The van der Waals surface area contributed by atoms with Gasteiger partial charge < -0.3 is 4.90 Å². The van der Waals surface area contributed by atoms with E-state index in [1.807, 2.05) is 0 Å². The molecule has 1 aromatic heterocycles. The van der Waals surface area contributed by atoms with E-state index in [0.717, 1.165) is 18.1 Å². The maximum atomic E-state index is 12.5. The van der Waals surface area contributed by atoms with Crippen LogP contribution in [0.5, 0.6) is 0 Å². The van der Waals surface area contributed by atoms with Crippen molar-refractivity contribution in [1.82, 2.24) is 14.7 Å². The number of aryl methyl sites for hydroxylation is 1. The number of aromatic nitrogens is 2. The molecule has 0 fully saturated rings. The first-order valence-electron chi connectivity index (χ1n) is 4.06. The minimum absolute atomic E-state index is 0.435. The van der Waals surface area contributed by atoms with E-state index in [1.165, 1.54) is 14.1 Å². The molecule has 0 spiro atoms. The first-order chi connectivity index (χ1) is 6.75. The van der Waals surface area contributed by atoms with Crippen LogP contribution < -0.4 is 0 Å². The lowest BCUT2D eigenvalue weighted by molar-refractivity contribution is -0.144. The minimum Gasteiger partial charge on any atom is -0.345 e. The molecule has 0 radical (unpaired) electrons. The van der Waals surface area contributed by atoms with Crippen molar-refractivity contribution in [3.8, 4) is 0 Å². The van der Waals surface area contributed by atoms with Crippen LogP contribution in [0.25, 0.3) is 0 Å². The summed E-state index contributed by atoms with van der Waals surface area (Å²) in [5.41, 5.74) is -1.46. The molecule has 0 saturated carbocycles. The van der Waals surface area contributed by atoms with Crippen LogP contribution in [0.1, 0.15) is 16.1 Å². The standard InChI is InChI=1S/C8H10F3N3O/c1-13(2)7(15)5-4-12-14(3)6(5)8(9,10)11/h4H,1-3H3. The van der Waals surface area contributed by atoms with Crippen LogP contribution in [-0.2, 0) is 13.2 Å². The summed E-state index contributed by atoms with van der Waals surface area (Å²) in [4.78, 5) is 12.5. The first-order valence-corrected chi connectivity index (χ1v) is 4.06. The molecule has 1 heterocycles. The van der Waals surface area contributed by atoms with Crippen molar-refractivity contribution in [1.29, 1.82) is 0 Å². The average molecular weight is 221 g/mol. The van der Waals surface area contributed by atoms with Gasteiger partial charge in [0.05, 0.1) is 11.8 Å². The Morgan fingerprint density at radius 3 is 2.40 bits per heavy atom. The Morgan fingerprint density at radius 1 is 1.47 bits per heavy atom. The Morgan fingerprint density at radius 2 is 2.00 bits per heavy atom. The van der Waals surface area contributed by atoms with Gasteiger partial charge in [-0.1, -0.05) is 0 Å². The highest BCUT2D eigenvalue weighted by atomic mass is 19.4. The van der Waals surface area contributed by atoms with Crippen LogP contribution in [0.15, 0.2) is 6.20 Å². The Hall–Kier alpha value is -1.53. The zero-order valence-electron chi connectivity index (χ0n) is 8.46. The van der Waals surface area contributed by atoms with Crippen molar-refractivity contribution >= 4 is 5.91 Å². The number of nitrogens with zero attached hydrogens (tertiary/aromatic N) is 3. The number of alkyl halides is 3. The molecule has 4 nitrogen and oxygen atoms in total. The third kappa shape index (κ3) is 2.11. The molecule has 1 amide bonds. The Kier molecular flexibility index (Phi) is 2.74. The molecule has 0 aliphatic heterocycles. The molecule has 84 valence electrons. The highest BCUT2D eigenvalue weighted by molar-refractivity contribution is 5.94. The number of amides is 1. The molecule has 0 aliphatic rings. The van der Waals surface area contributed by atoms with Crippen molar-refractivity contribution in [2.45, 2.75) is 6.18 Å². The Labute approximate surface area is 84.3 Å². The van der Waals surface area contributed by atoms with Crippen LogP contribution in [0.2, 0.25) is 0 Å². The molecule has 0 aromatic carbocycles.